The van der Waals surface area contributed by atoms with Crippen molar-refractivity contribution >= 4 is 17.7 Å². The molecular weight excluding hydrogens is 422 g/mol. The van der Waals surface area contributed by atoms with Crippen molar-refractivity contribution in [3.63, 3.8) is 0 Å². The van der Waals surface area contributed by atoms with Crippen LogP contribution in [-0.4, -0.2) is 58.4 Å². The molecule has 0 radical (unpaired) electrons. The number of hydrogen-bond donors (Lipinski definition) is 1. The highest BCUT2D eigenvalue weighted by Gasteiger charge is 2.61. The molecule has 2 heterocycles. The number of hydrogen-bond acceptors (Lipinski definition) is 5. The van der Waals surface area contributed by atoms with E-state index in [1.807, 2.05) is 0 Å². The molecule has 166 valence electrons. The minimum Gasteiger partial charge on any atom is -0.426 e. The van der Waals surface area contributed by atoms with E-state index in [1.165, 1.54) is 12.4 Å². The number of carbonyl (C=O) groups is 2. The number of carbonyl (C=O) groups excluding carboxylic acids is 2. The van der Waals surface area contributed by atoms with Crippen LogP contribution in [0.2, 0.25) is 0 Å². The van der Waals surface area contributed by atoms with Gasteiger partial charge in [-0.25, -0.2) is 14.8 Å². The number of piperidine rings is 1. The number of ether oxygens (including phenoxy) is 1. The number of rotatable bonds is 3. The lowest BCUT2D eigenvalue weighted by atomic mass is 9.91. The molecule has 2 aliphatic rings. The Morgan fingerprint density at radius 2 is 1.67 bits per heavy atom. The van der Waals surface area contributed by atoms with Gasteiger partial charge < -0.3 is 15.0 Å². The van der Waals surface area contributed by atoms with Crippen molar-refractivity contribution in [2.45, 2.75) is 44.6 Å². The number of nitrogens with one attached hydrogen (secondary N) is 1. The number of aromatic nitrogens is 2. The maximum Gasteiger partial charge on any atom is 0.434 e. The Hall–Kier alpha value is -2.60. The maximum absolute atomic E-state index is 12.5. The summed E-state index contributed by atoms with van der Waals surface area (Å²) in [6, 6.07) is 0. The Balaban J connectivity index is 1.53. The van der Waals surface area contributed by atoms with Crippen LogP contribution >= 0.6 is 0 Å². The summed E-state index contributed by atoms with van der Waals surface area (Å²) < 4.78 is 79.0. The van der Waals surface area contributed by atoms with Gasteiger partial charge in [-0.3, -0.25) is 4.79 Å². The monoisotopic (exact) mass is 440 g/mol. The van der Waals surface area contributed by atoms with Gasteiger partial charge in [0.05, 0.1) is 18.1 Å². The Kier molecular flexibility index (Phi) is 5.58. The molecule has 1 aliphatic carbocycles. The Bertz CT molecular complexity index is 789. The third-order valence-electron chi connectivity index (χ3n) is 5.39. The zero-order valence-corrected chi connectivity index (χ0v) is 15.7. The Morgan fingerprint density at radius 3 is 2.17 bits per heavy atom. The molecule has 1 spiro atoms. The molecule has 1 N–H and O–H groups in total. The first-order valence-corrected chi connectivity index (χ1v) is 9.00. The second-order valence-corrected chi connectivity index (χ2v) is 7.46. The number of likely N-dealkylation sites (tertiary alicyclic amines) is 1. The SMILES string of the molecule is Cc1ncc(NC(=O)[C@@H]2CC23CCN(C(=O)OC(C(F)(F)F)C(F)(F)F)CC3)cn1. The number of amides is 2. The topological polar surface area (TPSA) is 84.4 Å². The fourth-order valence-electron chi connectivity index (χ4n) is 3.59. The first kappa shape index (κ1) is 22.1. The van der Waals surface area contributed by atoms with Gasteiger partial charge in [0.15, 0.2) is 0 Å². The molecule has 7 nitrogen and oxygen atoms in total. The van der Waals surface area contributed by atoms with E-state index < -0.39 is 30.0 Å². The van der Waals surface area contributed by atoms with Crippen LogP contribution in [0.25, 0.3) is 0 Å². The number of halogens is 6. The molecule has 1 saturated carbocycles. The van der Waals surface area contributed by atoms with Gasteiger partial charge in [0.1, 0.15) is 5.82 Å². The van der Waals surface area contributed by atoms with Gasteiger partial charge in [-0.2, -0.15) is 26.3 Å². The number of anilines is 1. The molecule has 1 aromatic rings. The van der Waals surface area contributed by atoms with Crippen LogP contribution in [0.4, 0.5) is 36.8 Å². The van der Waals surface area contributed by atoms with Crippen molar-refractivity contribution in [1.82, 2.24) is 14.9 Å². The van der Waals surface area contributed by atoms with Gasteiger partial charge in [-0.1, -0.05) is 0 Å². The summed E-state index contributed by atoms with van der Waals surface area (Å²) in [7, 11) is 0. The minimum absolute atomic E-state index is 0.0985. The summed E-state index contributed by atoms with van der Waals surface area (Å²) >= 11 is 0. The van der Waals surface area contributed by atoms with Crippen LogP contribution in [-0.2, 0) is 9.53 Å². The molecule has 1 atom stereocenters. The van der Waals surface area contributed by atoms with Crippen LogP contribution in [0.5, 0.6) is 0 Å². The zero-order valence-electron chi connectivity index (χ0n) is 15.7. The number of nitrogens with zero attached hydrogens (tertiary/aromatic N) is 3. The highest BCUT2D eigenvalue weighted by atomic mass is 19.4. The molecule has 1 aromatic heterocycles. The van der Waals surface area contributed by atoms with E-state index in [0.29, 0.717) is 17.9 Å². The van der Waals surface area contributed by atoms with E-state index in [-0.39, 0.29) is 37.8 Å². The fourth-order valence-corrected chi connectivity index (χ4v) is 3.59. The lowest BCUT2D eigenvalue weighted by molar-refractivity contribution is -0.308. The first-order chi connectivity index (χ1) is 13.8. The largest absolute Gasteiger partial charge is 0.434 e. The van der Waals surface area contributed by atoms with E-state index >= 15 is 0 Å². The quantitative estimate of drug-likeness (QED) is 0.728. The average Bonchev–Trinajstić information content (AvgIpc) is 3.33. The maximum atomic E-state index is 12.5. The summed E-state index contributed by atoms with van der Waals surface area (Å²) in [5.74, 6) is -0.101. The molecule has 2 fully saturated rings. The molecule has 2 amide bonds. The van der Waals surface area contributed by atoms with E-state index in [1.54, 1.807) is 6.92 Å². The lowest BCUT2D eigenvalue weighted by Crippen LogP contribution is -2.49. The van der Waals surface area contributed by atoms with Gasteiger partial charge in [-0.05, 0) is 31.6 Å². The Labute approximate surface area is 166 Å². The van der Waals surface area contributed by atoms with Gasteiger partial charge in [-0.15, -0.1) is 0 Å². The van der Waals surface area contributed by atoms with E-state index in [9.17, 15) is 35.9 Å². The summed E-state index contributed by atoms with van der Waals surface area (Å²) in [5, 5.41) is 2.68. The third-order valence-corrected chi connectivity index (χ3v) is 5.39. The van der Waals surface area contributed by atoms with Crippen molar-refractivity contribution in [2.24, 2.45) is 11.3 Å². The molecule has 0 aromatic carbocycles. The summed E-state index contributed by atoms with van der Waals surface area (Å²) in [6.45, 7) is 1.49. The van der Waals surface area contributed by atoms with Gasteiger partial charge in [0.2, 0.25) is 5.91 Å². The Morgan fingerprint density at radius 1 is 1.13 bits per heavy atom. The highest BCUT2D eigenvalue weighted by molar-refractivity contribution is 5.94. The van der Waals surface area contributed by atoms with Crippen molar-refractivity contribution in [3.05, 3.63) is 18.2 Å². The minimum atomic E-state index is -5.76. The fraction of sp³-hybridized carbons (Fsp3) is 0.647. The standard InChI is InChI=1S/C17H18F6N4O3/c1-9-24-7-10(8-25-9)26-12(28)11-6-15(11)2-4-27(5-3-15)14(29)30-13(16(18,19)20)17(21,22)23/h7-8,11,13H,2-6H2,1H3,(H,26,28)/t11-/m0/s1. The predicted molar refractivity (Wildman–Crippen MR) is 89.1 cm³/mol. The predicted octanol–water partition coefficient (Wildman–Crippen LogP) is 3.46. The number of alkyl halides is 6. The van der Waals surface area contributed by atoms with Gasteiger partial charge >= 0.3 is 18.4 Å². The lowest BCUT2D eigenvalue weighted by Gasteiger charge is -2.33. The average molecular weight is 440 g/mol. The smallest absolute Gasteiger partial charge is 0.426 e. The van der Waals surface area contributed by atoms with Gasteiger partial charge in [0, 0.05) is 19.0 Å². The molecule has 1 saturated heterocycles. The molecule has 13 heteroatoms. The third kappa shape index (κ3) is 4.75. The normalized spacial score (nSPS) is 20.9. The van der Waals surface area contributed by atoms with Crippen LogP contribution in [0, 0.1) is 18.3 Å². The van der Waals surface area contributed by atoms with Crippen molar-refractivity contribution < 1.29 is 40.7 Å². The second kappa shape index (κ2) is 7.58. The molecule has 0 bridgehead atoms. The molecule has 30 heavy (non-hydrogen) atoms. The van der Waals surface area contributed by atoms with Crippen molar-refractivity contribution in [2.75, 3.05) is 18.4 Å². The summed E-state index contributed by atoms with van der Waals surface area (Å²) in [5.41, 5.74) is -0.0149. The molecule has 1 aliphatic heterocycles. The first-order valence-electron chi connectivity index (χ1n) is 9.00. The van der Waals surface area contributed by atoms with Crippen LogP contribution in [0.15, 0.2) is 12.4 Å². The highest BCUT2D eigenvalue weighted by Crippen LogP contribution is 2.59. The van der Waals surface area contributed by atoms with Crippen molar-refractivity contribution in [3.8, 4) is 0 Å². The summed E-state index contributed by atoms with van der Waals surface area (Å²) in [4.78, 5) is 32.9. The second-order valence-electron chi connectivity index (χ2n) is 7.46. The number of aryl methyl sites for hydroxylation is 1. The van der Waals surface area contributed by atoms with E-state index in [0.717, 1.165) is 4.90 Å². The van der Waals surface area contributed by atoms with Crippen LogP contribution in [0.3, 0.4) is 0 Å². The molecule has 0 unspecified atom stereocenters. The van der Waals surface area contributed by atoms with E-state index in [4.69, 9.17) is 0 Å². The zero-order chi connectivity index (χ0) is 22.3. The van der Waals surface area contributed by atoms with E-state index in [2.05, 4.69) is 20.0 Å². The molecule has 3 rings (SSSR count). The van der Waals surface area contributed by atoms with Crippen LogP contribution < -0.4 is 5.32 Å². The van der Waals surface area contributed by atoms with Crippen molar-refractivity contribution in [1.29, 1.82) is 0 Å². The van der Waals surface area contributed by atoms with Gasteiger partial charge in [0.25, 0.3) is 6.10 Å². The van der Waals surface area contributed by atoms with Crippen LogP contribution in [0.1, 0.15) is 25.1 Å². The molecular formula is C17H18F6N4O3. The summed E-state index contributed by atoms with van der Waals surface area (Å²) in [6.07, 6.45) is -13.4.